The molecule has 1 aromatic rings. The van der Waals surface area contributed by atoms with E-state index in [0.29, 0.717) is 6.04 Å². The number of fused-ring (bicyclic) bond motifs is 1. The molecule has 0 radical (unpaired) electrons. The van der Waals surface area contributed by atoms with Gasteiger partial charge in [-0.2, -0.15) is 0 Å². The largest absolute Gasteiger partial charge is 0.362 e. The number of anilines is 1. The molecule has 0 fully saturated rings. The molecule has 4 heteroatoms. The molecule has 3 nitrogen and oxygen atoms in total. The smallest absolute Gasteiger partial charge is 0.183 e. The minimum atomic E-state index is 0.664. The van der Waals surface area contributed by atoms with Crippen molar-refractivity contribution in [3.8, 4) is 0 Å². The summed E-state index contributed by atoms with van der Waals surface area (Å²) in [6.07, 6.45) is 4.69. The summed E-state index contributed by atoms with van der Waals surface area (Å²) in [7, 11) is 0. The van der Waals surface area contributed by atoms with Crippen LogP contribution in [-0.2, 0) is 12.8 Å². The molecule has 1 atom stereocenters. The van der Waals surface area contributed by atoms with E-state index < -0.39 is 0 Å². The average Bonchev–Trinajstić information content (AvgIpc) is 2.68. The third-order valence-corrected chi connectivity index (χ3v) is 4.04. The first-order valence-electron chi connectivity index (χ1n) is 6.29. The predicted molar refractivity (Wildman–Crippen MR) is 70.4 cm³/mol. The molecule has 90 valence electrons. The number of hydrogen-bond donors (Lipinski definition) is 2. The summed E-state index contributed by atoms with van der Waals surface area (Å²) in [5.41, 5.74) is 1.33. The van der Waals surface area contributed by atoms with Crippen molar-refractivity contribution in [3.63, 3.8) is 0 Å². The fraction of sp³-hybridized carbons (Fsp3) is 0.750. The van der Waals surface area contributed by atoms with Crippen molar-refractivity contribution < 1.29 is 0 Å². The van der Waals surface area contributed by atoms with E-state index in [1.54, 1.807) is 0 Å². The first-order valence-corrected chi connectivity index (χ1v) is 7.11. The summed E-state index contributed by atoms with van der Waals surface area (Å²) in [6, 6.07) is 0.664. The third-order valence-electron chi connectivity index (χ3n) is 2.96. The molecule has 1 heterocycles. The number of rotatable bonds is 5. The van der Waals surface area contributed by atoms with Gasteiger partial charge in [-0.1, -0.05) is 13.8 Å². The van der Waals surface area contributed by atoms with Crippen LogP contribution in [0.1, 0.15) is 37.3 Å². The van der Waals surface area contributed by atoms with Crippen LogP contribution in [0.15, 0.2) is 0 Å². The molecule has 0 spiro atoms. The Balaban J connectivity index is 1.99. The molecule has 1 aromatic heterocycles. The maximum Gasteiger partial charge on any atom is 0.183 e. The van der Waals surface area contributed by atoms with E-state index in [1.165, 1.54) is 17.0 Å². The molecule has 2 rings (SSSR count). The minimum Gasteiger partial charge on any atom is -0.362 e. The van der Waals surface area contributed by atoms with Gasteiger partial charge >= 0.3 is 0 Å². The van der Waals surface area contributed by atoms with E-state index in [1.807, 2.05) is 11.3 Å². The van der Waals surface area contributed by atoms with Crippen LogP contribution in [0.2, 0.25) is 0 Å². The average molecular weight is 239 g/mol. The van der Waals surface area contributed by atoms with E-state index in [9.17, 15) is 0 Å². The molecule has 0 saturated carbocycles. The van der Waals surface area contributed by atoms with Gasteiger partial charge < -0.3 is 10.6 Å². The number of likely N-dealkylation sites (N-methyl/N-ethyl adjacent to an activating group) is 1. The van der Waals surface area contributed by atoms with Crippen LogP contribution in [0.25, 0.3) is 0 Å². The van der Waals surface area contributed by atoms with Crippen molar-refractivity contribution in [1.82, 2.24) is 10.3 Å². The SMILES string of the molecule is CCCNc1nc2c(s1)CC(NCC)CC2. The topological polar surface area (TPSA) is 37.0 Å². The molecule has 0 aromatic carbocycles. The lowest BCUT2D eigenvalue weighted by atomic mass is 9.98. The monoisotopic (exact) mass is 239 g/mol. The Hall–Kier alpha value is -0.610. The lowest BCUT2D eigenvalue weighted by Gasteiger charge is -2.21. The van der Waals surface area contributed by atoms with Crippen LogP contribution >= 0.6 is 11.3 Å². The van der Waals surface area contributed by atoms with Crippen molar-refractivity contribution in [2.24, 2.45) is 0 Å². The maximum atomic E-state index is 4.66. The summed E-state index contributed by atoms with van der Waals surface area (Å²) in [5, 5.41) is 8.04. The summed E-state index contributed by atoms with van der Waals surface area (Å²) in [4.78, 5) is 6.14. The second kappa shape index (κ2) is 5.64. The van der Waals surface area contributed by atoms with Crippen LogP contribution in [0.5, 0.6) is 0 Å². The Labute approximate surface area is 102 Å². The zero-order valence-electron chi connectivity index (χ0n) is 10.2. The van der Waals surface area contributed by atoms with Gasteiger partial charge in [0.05, 0.1) is 5.69 Å². The number of thiazole rings is 1. The van der Waals surface area contributed by atoms with E-state index in [2.05, 4.69) is 29.5 Å². The molecular weight excluding hydrogens is 218 g/mol. The molecular formula is C12H21N3S. The summed E-state index contributed by atoms with van der Waals surface area (Å²) in [5.74, 6) is 0. The lowest BCUT2D eigenvalue weighted by molar-refractivity contribution is 0.471. The number of hydrogen-bond acceptors (Lipinski definition) is 4. The molecule has 16 heavy (non-hydrogen) atoms. The Morgan fingerprint density at radius 1 is 1.44 bits per heavy atom. The Morgan fingerprint density at radius 3 is 3.06 bits per heavy atom. The van der Waals surface area contributed by atoms with Crippen molar-refractivity contribution in [1.29, 1.82) is 0 Å². The summed E-state index contributed by atoms with van der Waals surface area (Å²) in [6.45, 7) is 6.46. The summed E-state index contributed by atoms with van der Waals surface area (Å²) >= 11 is 1.84. The number of nitrogens with zero attached hydrogens (tertiary/aromatic N) is 1. The van der Waals surface area contributed by atoms with Crippen LogP contribution in [0, 0.1) is 0 Å². The highest BCUT2D eigenvalue weighted by atomic mass is 32.1. The molecule has 0 bridgehead atoms. The Bertz CT molecular complexity index is 335. The summed E-state index contributed by atoms with van der Waals surface area (Å²) < 4.78 is 0. The number of aryl methyl sites for hydroxylation is 1. The quantitative estimate of drug-likeness (QED) is 0.828. The fourth-order valence-corrected chi connectivity index (χ4v) is 3.26. The Morgan fingerprint density at radius 2 is 2.31 bits per heavy atom. The van der Waals surface area contributed by atoms with Gasteiger partial charge in [0.2, 0.25) is 0 Å². The standard InChI is InChI=1S/C12H21N3S/c1-3-7-14-12-15-10-6-5-9(13-4-2)8-11(10)16-12/h9,13H,3-8H2,1-2H3,(H,14,15). The highest BCUT2D eigenvalue weighted by Crippen LogP contribution is 2.29. The van der Waals surface area contributed by atoms with E-state index in [0.717, 1.165) is 37.5 Å². The lowest BCUT2D eigenvalue weighted by Crippen LogP contribution is -2.33. The van der Waals surface area contributed by atoms with Crippen LogP contribution in [0.3, 0.4) is 0 Å². The van der Waals surface area contributed by atoms with Gasteiger partial charge in [0.1, 0.15) is 0 Å². The van der Waals surface area contributed by atoms with E-state index in [4.69, 9.17) is 0 Å². The zero-order valence-corrected chi connectivity index (χ0v) is 11.0. The number of nitrogens with one attached hydrogen (secondary N) is 2. The molecule has 0 saturated heterocycles. The zero-order chi connectivity index (χ0) is 11.4. The van der Waals surface area contributed by atoms with Crippen LogP contribution < -0.4 is 10.6 Å². The fourth-order valence-electron chi connectivity index (χ4n) is 2.15. The van der Waals surface area contributed by atoms with Crippen LogP contribution in [0.4, 0.5) is 5.13 Å². The van der Waals surface area contributed by atoms with E-state index in [-0.39, 0.29) is 0 Å². The molecule has 1 aliphatic carbocycles. The molecule has 1 unspecified atom stereocenters. The molecule has 0 aliphatic heterocycles. The second-order valence-electron chi connectivity index (χ2n) is 4.31. The van der Waals surface area contributed by atoms with Gasteiger partial charge in [0.25, 0.3) is 0 Å². The van der Waals surface area contributed by atoms with Gasteiger partial charge in [0.15, 0.2) is 5.13 Å². The molecule has 0 amide bonds. The van der Waals surface area contributed by atoms with Crippen molar-refractivity contribution in [2.75, 3.05) is 18.4 Å². The molecule has 2 N–H and O–H groups in total. The van der Waals surface area contributed by atoms with Gasteiger partial charge in [-0.25, -0.2) is 4.98 Å². The second-order valence-corrected chi connectivity index (χ2v) is 5.40. The van der Waals surface area contributed by atoms with Crippen molar-refractivity contribution >= 4 is 16.5 Å². The third kappa shape index (κ3) is 2.74. The van der Waals surface area contributed by atoms with Gasteiger partial charge in [-0.15, -0.1) is 11.3 Å². The van der Waals surface area contributed by atoms with Gasteiger partial charge in [-0.05, 0) is 32.2 Å². The normalized spacial score (nSPS) is 19.5. The van der Waals surface area contributed by atoms with Crippen LogP contribution in [-0.4, -0.2) is 24.1 Å². The number of aromatic nitrogens is 1. The van der Waals surface area contributed by atoms with Gasteiger partial charge in [0, 0.05) is 17.5 Å². The maximum absolute atomic E-state index is 4.66. The van der Waals surface area contributed by atoms with Crippen molar-refractivity contribution in [2.45, 2.75) is 45.6 Å². The highest BCUT2D eigenvalue weighted by molar-refractivity contribution is 7.15. The highest BCUT2D eigenvalue weighted by Gasteiger charge is 2.21. The first-order chi connectivity index (χ1) is 7.83. The Kier molecular flexibility index (Phi) is 4.18. The van der Waals surface area contributed by atoms with Gasteiger partial charge in [-0.3, -0.25) is 0 Å². The first kappa shape index (κ1) is 11.9. The minimum absolute atomic E-state index is 0.664. The predicted octanol–water partition coefficient (Wildman–Crippen LogP) is 2.43. The van der Waals surface area contributed by atoms with E-state index >= 15 is 0 Å². The molecule has 1 aliphatic rings. The van der Waals surface area contributed by atoms with Crippen molar-refractivity contribution in [3.05, 3.63) is 10.6 Å².